The lowest BCUT2D eigenvalue weighted by atomic mass is 10.1. The first-order chi connectivity index (χ1) is 6.84. The van der Waals surface area contributed by atoms with Gasteiger partial charge < -0.3 is 12.4 Å². The molecule has 0 spiro atoms. The molecule has 1 aromatic carbocycles. The molecule has 1 aliphatic heterocycles. The molecule has 0 bridgehead atoms. The minimum Gasteiger partial charge on any atom is -1.00 e. The van der Waals surface area contributed by atoms with Gasteiger partial charge in [0.25, 0.3) is 0 Å². The molecule has 15 heavy (non-hydrogen) atoms. The molecule has 82 valence electrons. The number of hydrogen-bond donors (Lipinski definition) is 0. The van der Waals surface area contributed by atoms with Crippen molar-refractivity contribution in [2.24, 2.45) is 0 Å². The van der Waals surface area contributed by atoms with Crippen LogP contribution in [0.1, 0.15) is 30.4 Å². The van der Waals surface area contributed by atoms with Crippen LogP contribution in [0.2, 0.25) is 0 Å². The molecule has 2 heteroatoms. The third kappa shape index (κ3) is 3.67. The Balaban J connectivity index is 0.00000112. The van der Waals surface area contributed by atoms with Gasteiger partial charge in [-0.1, -0.05) is 17.7 Å². The van der Waals surface area contributed by atoms with Crippen molar-refractivity contribution in [3.63, 3.8) is 0 Å². The van der Waals surface area contributed by atoms with Crippen LogP contribution in [0.3, 0.4) is 0 Å². The summed E-state index contributed by atoms with van der Waals surface area (Å²) >= 11 is 0. The zero-order chi connectivity index (χ0) is 9.80. The van der Waals surface area contributed by atoms with E-state index in [-0.39, 0.29) is 12.4 Å². The van der Waals surface area contributed by atoms with Gasteiger partial charge in [-0.05, 0) is 25.5 Å². The molecule has 0 saturated carbocycles. The average molecular weight is 224 g/mol. The highest BCUT2D eigenvalue weighted by atomic mass is 35.5. The first-order valence-corrected chi connectivity index (χ1v) is 5.50. The SMILES string of the molecule is Cc1cccc(C=[N+]2CCCCC2)c1.[Cl-]. The molecule has 1 heterocycles. The maximum absolute atomic E-state index is 2.44. The van der Waals surface area contributed by atoms with Gasteiger partial charge in [0.15, 0.2) is 6.21 Å². The van der Waals surface area contributed by atoms with E-state index in [0.29, 0.717) is 0 Å². The normalized spacial score (nSPS) is 15.7. The van der Waals surface area contributed by atoms with E-state index in [1.54, 1.807) is 0 Å². The van der Waals surface area contributed by atoms with Gasteiger partial charge in [-0.15, -0.1) is 0 Å². The predicted molar refractivity (Wildman–Crippen MR) is 60.2 cm³/mol. The van der Waals surface area contributed by atoms with E-state index in [0.717, 1.165) is 0 Å². The predicted octanol–water partition coefficient (Wildman–Crippen LogP) is -0.386. The fraction of sp³-hybridized carbons (Fsp3) is 0.462. The zero-order valence-corrected chi connectivity index (χ0v) is 10.0. The Morgan fingerprint density at radius 3 is 2.53 bits per heavy atom. The van der Waals surface area contributed by atoms with Crippen LogP contribution >= 0.6 is 0 Å². The molecule has 1 saturated heterocycles. The number of rotatable bonds is 1. The summed E-state index contributed by atoms with van der Waals surface area (Å²) in [4.78, 5) is 0. The lowest BCUT2D eigenvalue weighted by molar-refractivity contribution is -0.532. The van der Waals surface area contributed by atoms with Gasteiger partial charge in [-0.3, -0.25) is 0 Å². The van der Waals surface area contributed by atoms with Crippen LogP contribution in [-0.2, 0) is 0 Å². The molecular formula is C13H18ClN. The summed E-state index contributed by atoms with van der Waals surface area (Å²) in [5, 5.41) is 0. The molecule has 0 unspecified atom stereocenters. The summed E-state index contributed by atoms with van der Waals surface area (Å²) in [6.07, 6.45) is 6.40. The summed E-state index contributed by atoms with van der Waals surface area (Å²) in [6, 6.07) is 8.70. The second-order valence-electron chi connectivity index (χ2n) is 4.14. The molecule has 1 fully saturated rings. The standard InChI is InChI=1S/C13H18N.ClH/c1-12-6-5-7-13(10-12)11-14-8-3-2-4-9-14;/h5-7,10-11H,2-4,8-9H2,1H3;1H/q+1;/p-1. The monoisotopic (exact) mass is 223 g/mol. The quantitative estimate of drug-likeness (QED) is 0.571. The molecule has 0 amide bonds. The van der Waals surface area contributed by atoms with Crippen LogP contribution < -0.4 is 12.4 Å². The first kappa shape index (κ1) is 12.3. The van der Waals surface area contributed by atoms with E-state index in [1.165, 1.54) is 43.5 Å². The second kappa shape index (κ2) is 5.92. The lowest BCUT2D eigenvalue weighted by Gasteiger charge is -2.09. The Labute approximate surface area is 98.2 Å². The van der Waals surface area contributed by atoms with Gasteiger partial charge in [0, 0.05) is 18.4 Å². The minimum atomic E-state index is 0. The van der Waals surface area contributed by atoms with E-state index in [1.807, 2.05) is 0 Å². The number of nitrogens with zero attached hydrogens (tertiary/aromatic N) is 1. The van der Waals surface area contributed by atoms with E-state index in [9.17, 15) is 0 Å². The highest BCUT2D eigenvalue weighted by Crippen LogP contribution is 2.06. The van der Waals surface area contributed by atoms with Crippen LogP contribution in [0.5, 0.6) is 0 Å². The average Bonchev–Trinajstić information content (AvgIpc) is 2.19. The maximum Gasteiger partial charge on any atom is 0.170 e. The van der Waals surface area contributed by atoms with Crippen molar-refractivity contribution in [2.75, 3.05) is 13.1 Å². The lowest BCUT2D eigenvalue weighted by Crippen LogP contribution is -3.00. The number of benzene rings is 1. The molecule has 0 radical (unpaired) electrons. The second-order valence-corrected chi connectivity index (χ2v) is 4.14. The molecule has 0 aliphatic carbocycles. The Morgan fingerprint density at radius 2 is 1.87 bits per heavy atom. The van der Waals surface area contributed by atoms with Crippen LogP contribution in [-0.4, -0.2) is 23.9 Å². The molecule has 1 aliphatic rings. The maximum atomic E-state index is 2.44. The van der Waals surface area contributed by atoms with Gasteiger partial charge in [0.1, 0.15) is 13.1 Å². The van der Waals surface area contributed by atoms with Crippen molar-refractivity contribution in [3.05, 3.63) is 35.4 Å². The van der Waals surface area contributed by atoms with Crippen molar-refractivity contribution < 1.29 is 17.0 Å². The summed E-state index contributed by atoms with van der Waals surface area (Å²) in [5.41, 5.74) is 2.68. The number of hydrogen-bond acceptors (Lipinski definition) is 0. The van der Waals surface area contributed by atoms with E-state index in [4.69, 9.17) is 0 Å². The van der Waals surface area contributed by atoms with Crippen molar-refractivity contribution in [1.82, 2.24) is 0 Å². The fourth-order valence-electron chi connectivity index (χ4n) is 2.01. The highest BCUT2D eigenvalue weighted by Gasteiger charge is 2.10. The van der Waals surface area contributed by atoms with Gasteiger partial charge in [0.05, 0.1) is 0 Å². The van der Waals surface area contributed by atoms with Gasteiger partial charge in [-0.2, -0.15) is 0 Å². The van der Waals surface area contributed by atoms with Gasteiger partial charge in [-0.25, -0.2) is 4.58 Å². The van der Waals surface area contributed by atoms with Crippen molar-refractivity contribution >= 4 is 6.21 Å². The van der Waals surface area contributed by atoms with Gasteiger partial charge in [0.2, 0.25) is 0 Å². The number of halogens is 1. The Bertz CT molecular complexity index is 336. The summed E-state index contributed by atoms with van der Waals surface area (Å²) in [5.74, 6) is 0. The molecule has 0 N–H and O–H groups in total. The molecular weight excluding hydrogens is 206 g/mol. The third-order valence-corrected chi connectivity index (χ3v) is 2.76. The van der Waals surface area contributed by atoms with E-state index < -0.39 is 0 Å². The Hall–Kier alpha value is -0.820. The Kier molecular flexibility index (Phi) is 4.83. The van der Waals surface area contributed by atoms with Crippen LogP contribution in [0, 0.1) is 6.92 Å². The zero-order valence-electron chi connectivity index (χ0n) is 9.25. The molecule has 2 rings (SSSR count). The van der Waals surface area contributed by atoms with Gasteiger partial charge >= 0.3 is 0 Å². The first-order valence-electron chi connectivity index (χ1n) is 5.50. The number of aryl methyl sites for hydroxylation is 1. The fourth-order valence-corrected chi connectivity index (χ4v) is 2.01. The molecule has 0 atom stereocenters. The summed E-state index contributed by atoms with van der Waals surface area (Å²) in [6.45, 7) is 4.61. The summed E-state index contributed by atoms with van der Waals surface area (Å²) < 4.78 is 2.44. The van der Waals surface area contributed by atoms with Crippen molar-refractivity contribution in [1.29, 1.82) is 0 Å². The minimum absolute atomic E-state index is 0. The summed E-state index contributed by atoms with van der Waals surface area (Å²) in [7, 11) is 0. The highest BCUT2D eigenvalue weighted by molar-refractivity contribution is 5.75. The van der Waals surface area contributed by atoms with E-state index >= 15 is 0 Å². The smallest absolute Gasteiger partial charge is 0.170 e. The number of piperidine rings is 1. The van der Waals surface area contributed by atoms with Crippen LogP contribution in [0.25, 0.3) is 0 Å². The Morgan fingerprint density at radius 1 is 1.13 bits per heavy atom. The third-order valence-electron chi connectivity index (χ3n) is 2.76. The van der Waals surface area contributed by atoms with E-state index in [2.05, 4.69) is 42.0 Å². The van der Waals surface area contributed by atoms with Crippen LogP contribution in [0.4, 0.5) is 0 Å². The largest absolute Gasteiger partial charge is 1.00 e. The van der Waals surface area contributed by atoms with Crippen molar-refractivity contribution in [2.45, 2.75) is 26.2 Å². The molecule has 0 aromatic heterocycles. The molecule has 1 nitrogen and oxygen atoms in total. The topological polar surface area (TPSA) is 3.01 Å². The molecule has 1 aromatic rings. The van der Waals surface area contributed by atoms with Crippen LogP contribution in [0.15, 0.2) is 24.3 Å². The van der Waals surface area contributed by atoms with Crippen molar-refractivity contribution in [3.8, 4) is 0 Å².